The third-order valence-electron chi connectivity index (χ3n) is 4.18. The molecule has 2 rings (SSSR count). The van der Waals surface area contributed by atoms with E-state index in [4.69, 9.17) is 4.74 Å². The molecule has 2 unspecified atom stereocenters. The van der Waals surface area contributed by atoms with E-state index >= 15 is 0 Å². The molecule has 0 amide bonds. The van der Waals surface area contributed by atoms with Crippen molar-refractivity contribution in [3.63, 3.8) is 0 Å². The summed E-state index contributed by atoms with van der Waals surface area (Å²) < 4.78 is 6.02. The first kappa shape index (κ1) is 15.9. The zero-order valence-electron chi connectivity index (χ0n) is 12.0. The molecule has 0 spiro atoms. The van der Waals surface area contributed by atoms with Crippen LogP contribution in [0.1, 0.15) is 45.0 Å². The van der Waals surface area contributed by atoms with Gasteiger partial charge in [0.15, 0.2) is 0 Å². The molecule has 4 nitrogen and oxygen atoms in total. The van der Waals surface area contributed by atoms with Crippen LogP contribution < -0.4 is 0 Å². The Morgan fingerprint density at radius 2 is 2.35 bits per heavy atom. The van der Waals surface area contributed by atoms with Crippen LogP contribution in [0.3, 0.4) is 0 Å². The summed E-state index contributed by atoms with van der Waals surface area (Å²) in [5.74, 6) is -0.281. The number of thiazole rings is 1. The minimum absolute atomic E-state index is 0.131. The highest BCUT2D eigenvalue weighted by Gasteiger charge is 2.52. The number of halogens is 1. The highest BCUT2D eigenvalue weighted by atomic mass is 79.9. The van der Waals surface area contributed by atoms with Crippen LogP contribution >= 0.6 is 27.3 Å². The lowest BCUT2D eigenvalue weighted by Crippen LogP contribution is -2.48. The zero-order chi connectivity index (χ0) is 15.0. The van der Waals surface area contributed by atoms with Gasteiger partial charge in [0.25, 0.3) is 0 Å². The number of hydrogen-bond acceptors (Lipinski definition) is 5. The average molecular weight is 362 g/mol. The molecular formula is C14H20BrNO3S. The van der Waals surface area contributed by atoms with Crippen molar-refractivity contribution < 1.29 is 14.6 Å². The molecule has 1 aromatic rings. The number of esters is 1. The molecule has 1 aliphatic rings. The molecule has 2 atom stereocenters. The molecule has 0 aromatic carbocycles. The summed E-state index contributed by atoms with van der Waals surface area (Å²) in [5.41, 5.74) is -1.40. The van der Waals surface area contributed by atoms with E-state index in [1.807, 2.05) is 20.8 Å². The van der Waals surface area contributed by atoms with Gasteiger partial charge in [-0.3, -0.25) is 4.79 Å². The van der Waals surface area contributed by atoms with Crippen molar-refractivity contribution in [1.29, 1.82) is 0 Å². The Labute approximate surface area is 131 Å². The van der Waals surface area contributed by atoms with Gasteiger partial charge in [0.05, 0.1) is 22.5 Å². The fourth-order valence-electron chi connectivity index (χ4n) is 2.91. The van der Waals surface area contributed by atoms with Crippen molar-refractivity contribution in [1.82, 2.24) is 4.98 Å². The molecule has 1 saturated carbocycles. The number of hydrogen-bond donors (Lipinski definition) is 1. The largest absolute Gasteiger partial charge is 0.466 e. The second-order valence-electron chi connectivity index (χ2n) is 5.91. The number of aromatic nitrogens is 1. The number of rotatable bonds is 3. The number of carbonyl (C=O) groups excluding carboxylic acids is 1. The van der Waals surface area contributed by atoms with Crippen LogP contribution in [0.5, 0.6) is 0 Å². The third kappa shape index (κ3) is 2.78. The third-order valence-corrected chi connectivity index (χ3v) is 5.81. The molecule has 1 fully saturated rings. The molecule has 0 aliphatic heterocycles. The second kappa shape index (κ2) is 5.73. The van der Waals surface area contributed by atoms with Crippen LogP contribution in [0.4, 0.5) is 0 Å². The quantitative estimate of drug-likeness (QED) is 0.837. The average Bonchev–Trinajstić information content (AvgIpc) is 2.80. The highest BCUT2D eigenvalue weighted by molar-refractivity contribution is 9.11. The topological polar surface area (TPSA) is 59.4 Å². The van der Waals surface area contributed by atoms with Crippen LogP contribution in [0.15, 0.2) is 9.98 Å². The predicted molar refractivity (Wildman–Crippen MR) is 81.5 cm³/mol. The van der Waals surface area contributed by atoms with Gasteiger partial charge in [-0.1, -0.05) is 13.8 Å². The van der Waals surface area contributed by atoms with Gasteiger partial charge in [-0.25, -0.2) is 4.98 Å². The van der Waals surface area contributed by atoms with E-state index in [2.05, 4.69) is 20.9 Å². The molecular weight excluding hydrogens is 342 g/mol. The molecule has 1 heterocycles. The number of carbonyl (C=O) groups is 1. The van der Waals surface area contributed by atoms with Gasteiger partial charge in [-0.05, 0) is 42.1 Å². The molecule has 0 bridgehead atoms. The molecule has 20 heavy (non-hydrogen) atoms. The standard InChI is InChI=1S/C14H20BrNO3S/c1-4-19-11(17)9-5-6-14(18,13(2,3)7-9)12-16-8-10(15)20-12/h8-9,18H,4-7H2,1-3H3. The summed E-state index contributed by atoms with van der Waals surface area (Å²) in [5, 5.41) is 11.8. The molecule has 1 aliphatic carbocycles. The Balaban J connectivity index is 2.21. The maximum atomic E-state index is 11.9. The predicted octanol–water partition coefficient (Wildman–Crippen LogP) is 3.48. The molecule has 6 heteroatoms. The van der Waals surface area contributed by atoms with Crippen molar-refractivity contribution >= 4 is 33.2 Å². The summed E-state index contributed by atoms with van der Waals surface area (Å²) in [7, 11) is 0. The summed E-state index contributed by atoms with van der Waals surface area (Å²) in [6, 6.07) is 0. The van der Waals surface area contributed by atoms with Crippen LogP contribution in [0.2, 0.25) is 0 Å². The monoisotopic (exact) mass is 361 g/mol. The van der Waals surface area contributed by atoms with Gasteiger partial charge in [0.2, 0.25) is 0 Å². The zero-order valence-corrected chi connectivity index (χ0v) is 14.4. The fourth-order valence-corrected chi connectivity index (χ4v) is 4.42. The number of ether oxygens (including phenoxy) is 1. The Morgan fingerprint density at radius 3 is 2.85 bits per heavy atom. The molecule has 1 N–H and O–H groups in total. The van der Waals surface area contributed by atoms with Gasteiger partial charge in [0, 0.05) is 5.41 Å². The Hall–Kier alpha value is -0.460. The minimum Gasteiger partial charge on any atom is -0.466 e. The molecule has 112 valence electrons. The Kier molecular flexibility index (Phi) is 4.56. The van der Waals surface area contributed by atoms with Gasteiger partial charge >= 0.3 is 5.97 Å². The van der Waals surface area contributed by atoms with Crippen molar-refractivity contribution in [3.8, 4) is 0 Å². The van der Waals surface area contributed by atoms with Crippen molar-refractivity contribution in [2.45, 2.75) is 45.6 Å². The van der Waals surface area contributed by atoms with Gasteiger partial charge in [-0.2, -0.15) is 0 Å². The van der Waals surface area contributed by atoms with Crippen molar-refractivity contribution in [2.75, 3.05) is 6.61 Å². The molecule has 0 saturated heterocycles. The first-order valence-electron chi connectivity index (χ1n) is 6.81. The first-order valence-corrected chi connectivity index (χ1v) is 8.42. The summed E-state index contributed by atoms with van der Waals surface area (Å²) in [6.45, 7) is 6.20. The lowest BCUT2D eigenvalue weighted by Gasteiger charge is -2.47. The second-order valence-corrected chi connectivity index (χ2v) is 8.32. The lowest BCUT2D eigenvalue weighted by molar-refractivity contribution is -0.161. The first-order chi connectivity index (χ1) is 9.30. The van der Waals surface area contributed by atoms with Gasteiger partial charge < -0.3 is 9.84 Å². The fraction of sp³-hybridized carbons (Fsp3) is 0.714. The Bertz CT molecular complexity index is 502. The molecule has 1 aromatic heterocycles. The van der Waals surface area contributed by atoms with E-state index in [-0.39, 0.29) is 11.9 Å². The van der Waals surface area contributed by atoms with Gasteiger partial charge in [0.1, 0.15) is 10.6 Å². The summed E-state index contributed by atoms with van der Waals surface area (Å²) >= 11 is 4.84. The van der Waals surface area contributed by atoms with E-state index in [0.717, 1.165) is 8.79 Å². The summed E-state index contributed by atoms with van der Waals surface area (Å²) in [4.78, 5) is 16.2. The minimum atomic E-state index is -0.979. The Morgan fingerprint density at radius 1 is 1.65 bits per heavy atom. The van der Waals surface area contributed by atoms with Crippen LogP contribution in [0.25, 0.3) is 0 Å². The van der Waals surface area contributed by atoms with Crippen LogP contribution in [-0.2, 0) is 15.1 Å². The maximum Gasteiger partial charge on any atom is 0.308 e. The normalized spacial score (nSPS) is 29.1. The van der Waals surface area contributed by atoms with Crippen molar-refractivity contribution in [3.05, 3.63) is 15.0 Å². The van der Waals surface area contributed by atoms with E-state index in [1.165, 1.54) is 11.3 Å². The van der Waals surface area contributed by atoms with E-state index in [0.29, 0.717) is 25.9 Å². The van der Waals surface area contributed by atoms with Crippen LogP contribution in [-0.4, -0.2) is 22.7 Å². The number of aliphatic hydroxyl groups is 1. The number of nitrogens with zero attached hydrogens (tertiary/aromatic N) is 1. The smallest absolute Gasteiger partial charge is 0.308 e. The van der Waals surface area contributed by atoms with Crippen molar-refractivity contribution in [2.24, 2.45) is 11.3 Å². The highest BCUT2D eigenvalue weighted by Crippen LogP contribution is 2.53. The SMILES string of the molecule is CCOC(=O)C1CCC(O)(c2ncc(Br)s2)C(C)(C)C1. The summed E-state index contributed by atoms with van der Waals surface area (Å²) in [6.07, 6.45) is 3.49. The van der Waals surface area contributed by atoms with Crippen LogP contribution in [0, 0.1) is 11.3 Å². The van der Waals surface area contributed by atoms with Gasteiger partial charge in [-0.15, -0.1) is 11.3 Å². The molecule has 0 radical (unpaired) electrons. The lowest BCUT2D eigenvalue weighted by atomic mass is 9.62. The van der Waals surface area contributed by atoms with E-state index < -0.39 is 11.0 Å². The van der Waals surface area contributed by atoms with E-state index in [9.17, 15) is 9.90 Å². The van der Waals surface area contributed by atoms with E-state index in [1.54, 1.807) is 6.20 Å². The maximum absolute atomic E-state index is 11.9.